The first-order valence-electron chi connectivity index (χ1n) is 5.68. The minimum Gasteiger partial charge on any atom is -0.0596 e. The highest BCUT2D eigenvalue weighted by Gasteiger charge is 2.56. The molecule has 12 heavy (non-hydrogen) atoms. The lowest BCUT2D eigenvalue weighted by Crippen LogP contribution is -2.30. The topological polar surface area (TPSA) is 0 Å². The molecule has 3 rings (SSSR count). The molecular formula is C12H20. The molecule has 3 fully saturated rings. The Morgan fingerprint density at radius 1 is 1.08 bits per heavy atom. The first-order chi connectivity index (χ1) is 5.68. The molecule has 4 atom stereocenters. The Morgan fingerprint density at radius 3 is 2.67 bits per heavy atom. The highest BCUT2D eigenvalue weighted by atomic mass is 14.6. The van der Waals surface area contributed by atoms with Gasteiger partial charge in [0.15, 0.2) is 0 Å². The van der Waals surface area contributed by atoms with E-state index in [2.05, 4.69) is 13.8 Å². The molecule has 0 nitrogen and oxygen atoms in total. The average molecular weight is 164 g/mol. The summed E-state index contributed by atoms with van der Waals surface area (Å²) < 4.78 is 0. The maximum absolute atomic E-state index is 2.51. The molecule has 0 spiro atoms. The van der Waals surface area contributed by atoms with Gasteiger partial charge in [-0.1, -0.05) is 20.3 Å². The zero-order valence-electron chi connectivity index (χ0n) is 8.34. The monoisotopic (exact) mass is 164 g/mol. The predicted octanol–water partition coefficient (Wildman–Crippen LogP) is 3.47. The van der Waals surface area contributed by atoms with Gasteiger partial charge in [-0.15, -0.1) is 0 Å². The average Bonchev–Trinajstić information content (AvgIpc) is 2.53. The summed E-state index contributed by atoms with van der Waals surface area (Å²) in [6.45, 7) is 5.01. The summed E-state index contributed by atoms with van der Waals surface area (Å²) in [6.07, 6.45) is 7.80. The van der Waals surface area contributed by atoms with E-state index in [9.17, 15) is 0 Å². The summed E-state index contributed by atoms with van der Waals surface area (Å²) in [5, 5.41) is 0. The third-order valence-corrected chi connectivity index (χ3v) is 5.10. The molecule has 3 aliphatic rings. The van der Waals surface area contributed by atoms with Crippen molar-refractivity contribution in [3.05, 3.63) is 0 Å². The SMILES string of the molecule is CC1(C)CC2CC1C1CCCC21. The molecule has 0 aromatic heterocycles. The van der Waals surface area contributed by atoms with Crippen molar-refractivity contribution in [2.75, 3.05) is 0 Å². The fraction of sp³-hybridized carbons (Fsp3) is 1.00. The molecule has 0 heterocycles. The van der Waals surface area contributed by atoms with Crippen LogP contribution in [-0.2, 0) is 0 Å². The van der Waals surface area contributed by atoms with Crippen LogP contribution in [0.5, 0.6) is 0 Å². The molecule has 2 bridgehead atoms. The van der Waals surface area contributed by atoms with Crippen LogP contribution in [0.15, 0.2) is 0 Å². The summed E-state index contributed by atoms with van der Waals surface area (Å²) in [4.78, 5) is 0. The molecule has 0 aromatic carbocycles. The van der Waals surface area contributed by atoms with Crippen LogP contribution < -0.4 is 0 Å². The van der Waals surface area contributed by atoms with Crippen LogP contribution >= 0.6 is 0 Å². The van der Waals surface area contributed by atoms with Gasteiger partial charge in [0.2, 0.25) is 0 Å². The zero-order valence-corrected chi connectivity index (χ0v) is 8.34. The minimum atomic E-state index is 0.705. The van der Waals surface area contributed by atoms with E-state index in [0.29, 0.717) is 5.41 Å². The van der Waals surface area contributed by atoms with Crippen LogP contribution in [0.25, 0.3) is 0 Å². The Kier molecular flexibility index (Phi) is 1.28. The van der Waals surface area contributed by atoms with Crippen molar-refractivity contribution in [3.63, 3.8) is 0 Å². The Bertz CT molecular complexity index is 204. The fourth-order valence-electron chi connectivity index (χ4n) is 4.74. The van der Waals surface area contributed by atoms with Gasteiger partial charge in [-0.05, 0) is 54.8 Å². The second kappa shape index (κ2) is 2.08. The number of hydrogen-bond acceptors (Lipinski definition) is 0. The maximum Gasteiger partial charge on any atom is -0.0320 e. The molecule has 0 radical (unpaired) electrons. The van der Waals surface area contributed by atoms with Crippen LogP contribution in [0.2, 0.25) is 0 Å². The molecule has 3 saturated carbocycles. The summed E-state index contributed by atoms with van der Waals surface area (Å²) in [5.74, 6) is 4.56. The van der Waals surface area contributed by atoms with E-state index >= 15 is 0 Å². The van der Waals surface area contributed by atoms with Gasteiger partial charge in [-0.2, -0.15) is 0 Å². The minimum absolute atomic E-state index is 0.705. The third-order valence-electron chi connectivity index (χ3n) is 5.10. The van der Waals surface area contributed by atoms with Crippen molar-refractivity contribution in [1.82, 2.24) is 0 Å². The molecule has 0 aliphatic heterocycles. The smallest absolute Gasteiger partial charge is 0.0320 e. The third kappa shape index (κ3) is 0.744. The lowest BCUT2D eigenvalue weighted by Gasteiger charge is -2.37. The quantitative estimate of drug-likeness (QED) is 0.514. The summed E-state index contributed by atoms with van der Waals surface area (Å²) >= 11 is 0. The Hall–Kier alpha value is 0. The van der Waals surface area contributed by atoms with Crippen molar-refractivity contribution >= 4 is 0 Å². The Balaban J connectivity index is 1.93. The van der Waals surface area contributed by atoms with E-state index in [0.717, 1.165) is 17.8 Å². The van der Waals surface area contributed by atoms with Gasteiger partial charge < -0.3 is 0 Å². The van der Waals surface area contributed by atoms with E-state index in [4.69, 9.17) is 0 Å². The van der Waals surface area contributed by atoms with E-state index in [-0.39, 0.29) is 0 Å². The van der Waals surface area contributed by atoms with Crippen molar-refractivity contribution in [1.29, 1.82) is 0 Å². The zero-order chi connectivity index (χ0) is 8.34. The second-order valence-corrected chi connectivity index (χ2v) is 6.05. The van der Waals surface area contributed by atoms with Crippen molar-refractivity contribution < 1.29 is 0 Å². The molecule has 0 amide bonds. The first kappa shape index (κ1) is 7.41. The largest absolute Gasteiger partial charge is 0.0596 e. The standard InChI is InChI=1S/C12H20/c1-12(2)7-8-6-11(12)10-5-3-4-9(8)10/h8-11H,3-7H2,1-2H3. The highest BCUT2D eigenvalue weighted by Crippen LogP contribution is 2.65. The molecule has 3 aliphatic carbocycles. The first-order valence-corrected chi connectivity index (χ1v) is 5.68. The highest BCUT2D eigenvalue weighted by molar-refractivity contribution is 5.06. The van der Waals surface area contributed by atoms with Gasteiger partial charge >= 0.3 is 0 Å². The Labute approximate surface area is 75.7 Å². The summed E-state index contributed by atoms with van der Waals surface area (Å²) in [7, 11) is 0. The molecule has 0 aromatic rings. The van der Waals surface area contributed by atoms with Crippen molar-refractivity contribution in [3.8, 4) is 0 Å². The van der Waals surface area contributed by atoms with Crippen molar-refractivity contribution in [2.45, 2.75) is 46.0 Å². The number of rotatable bonds is 0. The van der Waals surface area contributed by atoms with Gasteiger partial charge in [0, 0.05) is 0 Å². The molecule has 0 N–H and O–H groups in total. The second-order valence-electron chi connectivity index (χ2n) is 6.05. The van der Waals surface area contributed by atoms with Crippen LogP contribution in [-0.4, -0.2) is 0 Å². The van der Waals surface area contributed by atoms with E-state index in [1.165, 1.54) is 5.92 Å². The molecule has 0 heteroatoms. The predicted molar refractivity (Wildman–Crippen MR) is 50.8 cm³/mol. The molecule has 68 valence electrons. The summed E-state index contributed by atoms with van der Waals surface area (Å²) in [6, 6.07) is 0. The normalized spacial score (nSPS) is 54.5. The van der Waals surface area contributed by atoms with Crippen molar-refractivity contribution in [2.24, 2.45) is 29.1 Å². The van der Waals surface area contributed by atoms with Gasteiger partial charge in [0.05, 0.1) is 0 Å². The molecule has 4 unspecified atom stereocenters. The number of fused-ring (bicyclic) bond motifs is 5. The van der Waals surface area contributed by atoms with Gasteiger partial charge in [-0.25, -0.2) is 0 Å². The van der Waals surface area contributed by atoms with Gasteiger partial charge in [0.1, 0.15) is 0 Å². The van der Waals surface area contributed by atoms with Crippen LogP contribution in [0.3, 0.4) is 0 Å². The van der Waals surface area contributed by atoms with E-state index in [1.807, 2.05) is 0 Å². The maximum atomic E-state index is 2.51. The van der Waals surface area contributed by atoms with Crippen LogP contribution in [0, 0.1) is 29.1 Å². The lowest BCUT2D eigenvalue weighted by molar-refractivity contribution is 0.118. The van der Waals surface area contributed by atoms with Crippen LogP contribution in [0.1, 0.15) is 46.0 Å². The number of hydrogen-bond donors (Lipinski definition) is 0. The van der Waals surface area contributed by atoms with E-state index in [1.54, 1.807) is 32.1 Å². The molecule has 0 saturated heterocycles. The molecular weight excluding hydrogens is 144 g/mol. The fourth-order valence-corrected chi connectivity index (χ4v) is 4.74. The van der Waals surface area contributed by atoms with Crippen LogP contribution in [0.4, 0.5) is 0 Å². The van der Waals surface area contributed by atoms with Gasteiger partial charge in [-0.3, -0.25) is 0 Å². The summed E-state index contributed by atoms with van der Waals surface area (Å²) in [5.41, 5.74) is 0.705. The Morgan fingerprint density at radius 2 is 1.83 bits per heavy atom. The van der Waals surface area contributed by atoms with Gasteiger partial charge in [0.25, 0.3) is 0 Å². The lowest BCUT2D eigenvalue weighted by atomic mass is 9.68. The van der Waals surface area contributed by atoms with E-state index < -0.39 is 0 Å².